The second kappa shape index (κ2) is 5.98. The molecule has 0 radical (unpaired) electrons. The summed E-state index contributed by atoms with van der Waals surface area (Å²) in [5.41, 5.74) is 0.866. The molecule has 0 amide bonds. The molecule has 0 aliphatic carbocycles. The summed E-state index contributed by atoms with van der Waals surface area (Å²) < 4.78 is 6.60. The summed E-state index contributed by atoms with van der Waals surface area (Å²) in [6, 6.07) is 9.48. The molecular formula is C13H11N5O3S. The molecule has 2 aromatic heterocycles. The van der Waals surface area contributed by atoms with Crippen LogP contribution in [0.25, 0.3) is 11.4 Å². The highest BCUT2D eigenvalue weighted by Crippen LogP contribution is 2.24. The fraction of sp³-hybridized carbons (Fsp3) is 0.154. The van der Waals surface area contributed by atoms with Gasteiger partial charge < -0.3 is 14.6 Å². The summed E-state index contributed by atoms with van der Waals surface area (Å²) in [6.07, 6.45) is 1.24. The zero-order chi connectivity index (χ0) is 15.5. The van der Waals surface area contributed by atoms with Crippen molar-refractivity contribution in [2.45, 2.75) is 11.0 Å². The number of hydrogen-bond donors (Lipinski definition) is 0. The molecule has 22 heavy (non-hydrogen) atoms. The normalized spacial score (nSPS) is 10.8. The molecule has 0 unspecified atom stereocenters. The van der Waals surface area contributed by atoms with Gasteiger partial charge in [-0.25, -0.2) is 9.55 Å². The minimum absolute atomic E-state index is 0.0499. The molecule has 0 atom stereocenters. The molecule has 3 aromatic rings. The first-order valence-electron chi connectivity index (χ1n) is 6.32. The van der Waals surface area contributed by atoms with E-state index in [0.717, 1.165) is 5.56 Å². The third-order valence-electron chi connectivity index (χ3n) is 3.01. The maximum absolute atomic E-state index is 10.8. The SMILES string of the molecule is Cn1c([N+](=O)[O-])cnc1CSc1nc(-c2ccccc2)no1. The van der Waals surface area contributed by atoms with E-state index in [2.05, 4.69) is 15.1 Å². The van der Waals surface area contributed by atoms with Crippen LogP contribution in [-0.2, 0) is 12.8 Å². The zero-order valence-electron chi connectivity index (χ0n) is 11.5. The van der Waals surface area contributed by atoms with Gasteiger partial charge in [0.2, 0.25) is 11.6 Å². The molecule has 0 N–H and O–H groups in total. The molecule has 0 spiro atoms. The van der Waals surface area contributed by atoms with Gasteiger partial charge in [-0.05, 0) is 4.92 Å². The Morgan fingerprint density at radius 2 is 2.14 bits per heavy atom. The van der Waals surface area contributed by atoms with Gasteiger partial charge in [-0.3, -0.25) is 0 Å². The average Bonchev–Trinajstić information content (AvgIpc) is 3.13. The van der Waals surface area contributed by atoms with Gasteiger partial charge in [0.15, 0.2) is 0 Å². The van der Waals surface area contributed by atoms with Crippen molar-refractivity contribution in [1.82, 2.24) is 19.7 Å². The second-order valence-electron chi connectivity index (χ2n) is 4.39. The number of aromatic nitrogens is 4. The third kappa shape index (κ3) is 2.84. The maximum Gasteiger partial charge on any atom is 0.342 e. The summed E-state index contributed by atoms with van der Waals surface area (Å²) >= 11 is 1.28. The number of nitrogens with zero attached hydrogens (tertiary/aromatic N) is 5. The standard InChI is InChI=1S/C13H11N5O3S/c1-17-10(14-7-11(17)18(19)20)8-22-13-15-12(16-21-13)9-5-3-2-4-6-9/h2-7H,8H2,1H3. The van der Waals surface area contributed by atoms with Gasteiger partial charge >= 0.3 is 5.82 Å². The number of thioether (sulfide) groups is 1. The summed E-state index contributed by atoms with van der Waals surface area (Å²) in [7, 11) is 1.60. The highest BCUT2D eigenvalue weighted by atomic mass is 32.2. The van der Waals surface area contributed by atoms with Crippen LogP contribution in [0.5, 0.6) is 0 Å². The van der Waals surface area contributed by atoms with Crippen molar-refractivity contribution in [3.05, 3.63) is 52.5 Å². The summed E-state index contributed by atoms with van der Waals surface area (Å²) in [4.78, 5) is 18.6. The van der Waals surface area contributed by atoms with Crippen molar-refractivity contribution < 1.29 is 9.45 Å². The van der Waals surface area contributed by atoms with Crippen LogP contribution in [0.2, 0.25) is 0 Å². The molecule has 0 bridgehead atoms. The predicted molar refractivity (Wildman–Crippen MR) is 79.2 cm³/mol. The van der Waals surface area contributed by atoms with E-state index in [-0.39, 0.29) is 5.82 Å². The van der Waals surface area contributed by atoms with Crippen LogP contribution in [0.1, 0.15) is 5.82 Å². The molecule has 0 saturated heterocycles. The van der Waals surface area contributed by atoms with Crippen LogP contribution in [-0.4, -0.2) is 24.6 Å². The highest BCUT2D eigenvalue weighted by molar-refractivity contribution is 7.98. The Bertz CT molecular complexity index is 799. The first-order valence-corrected chi connectivity index (χ1v) is 7.30. The van der Waals surface area contributed by atoms with E-state index in [4.69, 9.17) is 4.52 Å². The first-order chi connectivity index (χ1) is 10.6. The van der Waals surface area contributed by atoms with Crippen molar-refractivity contribution in [1.29, 1.82) is 0 Å². The summed E-state index contributed by atoms with van der Waals surface area (Å²) in [5.74, 6) is 1.43. The van der Waals surface area contributed by atoms with Gasteiger partial charge in [0.25, 0.3) is 5.22 Å². The Morgan fingerprint density at radius 3 is 2.82 bits per heavy atom. The number of benzene rings is 1. The van der Waals surface area contributed by atoms with Crippen molar-refractivity contribution in [3.8, 4) is 11.4 Å². The van der Waals surface area contributed by atoms with Crippen molar-refractivity contribution in [3.63, 3.8) is 0 Å². The summed E-state index contributed by atoms with van der Waals surface area (Å²) in [5, 5.41) is 15.1. The van der Waals surface area contributed by atoms with Gasteiger partial charge in [0.1, 0.15) is 6.20 Å². The number of rotatable bonds is 5. The molecule has 112 valence electrons. The van der Waals surface area contributed by atoms with Gasteiger partial charge in [-0.15, -0.1) is 0 Å². The molecule has 1 aromatic carbocycles. The minimum atomic E-state index is -0.471. The van der Waals surface area contributed by atoms with E-state index >= 15 is 0 Å². The molecule has 0 saturated carbocycles. The molecule has 2 heterocycles. The Labute approximate surface area is 129 Å². The molecular weight excluding hydrogens is 306 g/mol. The largest absolute Gasteiger partial charge is 0.358 e. The lowest BCUT2D eigenvalue weighted by molar-refractivity contribution is -0.391. The van der Waals surface area contributed by atoms with E-state index in [0.29, 0.717) is 22.6 Å². The van der Waals surface area contributed by atoms with Crippen molar-refractivity contribution >= 4 is 17.6 Å². The predicted octanol–water partition coefficient (Wildman–Crippen LogP) is 2.67. The first kappa shape index (κ1) is 14.3. The topological polar surface area (TPSA) is 99.9 Å². The van der Waals surface area contributed by atoms with Crippen LogP contribution in [0.3, 0.4) is 0 Å². The highest BCUT2D eigenvalue weighted by Gasteiger charge is 2.18. The van der Waals surface area contributed by atoms with E-state index in [1.807, 2.05) is 30.3 Å². The van der Waals surface area contributed by atoms with Gasteiger partial charge in [0.05, 0.1) is 12.8 Å². The van der Waals surface area contributed by atoms with Crippen LogP contribution < -0.4 is 0 Å². The van der Waals surface area contributed by atoms with Gasteiger partial charge in [-0.2, -0.15) is 4.98 Å². The van der Waals surface area contributed by atoms with Gasteiger partial charge in [-0.1, -0.05) is 47.3 Å². The fourth-order valence-electron chi connectivity index (χ4n) is 1.84. The third-order valence-corrected chi connectivity index (χ3v) is 3.83. The van der Waals surface area contributed by atoms with Crippen LogP contribution >= 0.6 is 11.8 Å². The molecule has 8 nitrogen and oxygen atoms in total. The lowest BCUT2D eigenvalue weighted by Gasteiger charge is -1.96. The van der Waals surface area contributed by atoms with E-state index in [1.54, 1.807) is 7.05 Å². The maximum atomic E-state index is 10.8. The Hall–Kier alpha value is -2.68. The molecule has 0 aliphatic rings. The van der Waals surface area contributed by atoms with Crippen LogP contribution in [0, 0.1) is 10.1 Å². The number of hydrogen-bond acceptors (Lipinski definition) is 7. The number of nitro groups is 1. The summed E-state index contributed by atoms with van der Waals surface area (Å²) in [6.45, 7) is 0. The minimum Gasteiger partial charge on any atom is -0.358 e. The van der Waals surface area contributed by atoms with Crippen molar-refractivity contribution in [2.24, 2.45) is 7.05 Å². The smallest absolute Gasteiger partial charge is 0.342 e. The van der Waals surface area contributed by atoms with Crippen LogP contribution in [0.4, 0.5) is 5.82 Å². The fourth-order valence-corrected chi connectivity index (χ4v) is 2.60. The average molecular weight is 317 g/mol. The quantitative estimate of drug-likeness (QED) is 0.405. The number of imidazole rings is 1. The van der Waals surface area contributed by atoms with E-state index in [1.165, 1.54) is 22.5 Å². The molecule has 0 fully saturated rings. The Kier molecular flexibility index (Phi) is 3.88. The van der Waals surface area contributed by atoms with Gasteiger partial charge in [0, 0.05) is 5.56 Å². The Morgan fingerprint density at radius 1 is 1.36 bits per heavy atom. The Balaban J connectivity index is 1.70. The lowest BCUT2D eigenvalue weighted by atomic mass is 10.2. The monoisotopic (exact) mass is 317 g/mol. The van der Waals surface area contributed by atoms with E-state index < -0.39 is 4.92 Å². The van der Waals surface area contributed by atoms with Crippen molar-refractivity contribution in [2.75, 3.05) is 0 Å². The second-order valence-corrected chi connectivity index (χ2v) is 5.31. The molecule has 3 rings (SSSR count). The van der Waals surface area contributed by atoms with Crippen LogP contribution in [0.15, 0.2) is 46.3 Å². The zero-order valence-corrected chi connectivity index (χ0v) is 12.4. The van der Waals surface area contributed by atoms with E-state index in [9.17, 15) is 10.1 Å². The lowest BCUT2D eigenvalue weighted by Crippen LogP contribution is -2.00. The molecule has 9 heteroatoms. The molecule has 0 aliphatic heterocycles.